The van der Waals surface area contributed by atoms with Gasteiger partial charge in [0.15, 0.2) is 0 Å². The highest BCUT2D eigenvalue weighted by molar-refractivity contribution is 5.69. The van der Waals surface area contributed by atoms with Crippen LogP contribution in [-0.4, -0.2) is 57.6 Å². The van der Waals surface area contributed by atoms with Crippen molar-refractivity contribution in [3.8, 4) is 0 Å². The number of nitro groups is 1. The highest BCUT2D eigenvalue weighted by atomic mass is 16.6. The van der Waals surface area contributed by atoms with Gasteiger partial charge in [0.05, 0.1) is 12.6 Å². The minimum atomic E-state index is -1.31. The monoisotopic (exact) mass is 290 g/mol. The van der Waals surface area contributed by atoms with Crippen LogP contribution in [0, 0.1) is 10.1 Å². The number of nitrogens with zero attached hydrogens (tertiary/aromatic N) is 2. The van der Waals surface area contributed by atoms with Crippen molar-refractivity contribution in [2.45, 2.75) is 58.1 Å². The fraction of sp³-hybridized carbons (Fsp3) is 0.917. The number of carbonyl (C=O) groups is 1. The molecule has 1 saturated heterocycles. The molecule has 0 aromatic rings. The van der Waals surface area contributed by atoms with E-state index in [4.69, 9.17) is 9.47 Å². The molecule has 0 bridgehead atoms. The molecule has 116 valence electrons. The van der Waals surface area contributed by atoms with Crippen LogP contribution in [0.1, 0.15) is 34.6 Å². The Balaban J connectivity index is 2.90. The van der Waals surface area contributed by atoms with Crippen molar-refractivity contribution in [3.63, 3.8) is 0 Å². The van der Waals surface area contributed by atoms with Crippen molar-refractivity contribution in [2.75, 3.05) is 13.2 Å². The van der Waals surface area contributed by atoms with Gasteiger partial charge in [-0.15, -0.1) is 0 Å². The molecule has 1 rings (SSSR count). The van der Waals surface area contributed by atoms with Gasteiger partial charge in [0.2, 0.25) is 6.54 Å². The Hall–Kier alpha value is -1.41. The third-order valence-corrected chi connectivity index (χ3v) is 2.89. The van der Waals surface area contributed by atoms with Crippen molar-refractivity contribution in [2.24, 2.45) is 0 Å². The number of aliphatic hydroxyl groups is 1. The van der Waals surface area contributed by atoms with E-state index in [-0.39, 0.29) is 6.61 Å². The lowest BCUT2D eigenvalue weighted by atomic mass is 10.1. The lowest BCUT2D eigenvalue weighted by Gasteiger charge is -2.35. The molecular formula is C12H22N2O6. The fourth-order valence-corrected chi connectivity index (χ4v) is 2.06. The summed E-state index contributed by atoms with van der Waals surface area (Å²) >= 11 is 0. The second-order valence-corrected chi connectivity index (χ2v) is 6.26. The molecule has 1 aliphatic heterocycles. The zero-order valence-corrected chi connectivity index (χ0v) is 12.5. The average molecular weight is 290 g/mol. The SMILES string of the molecule is CC(C)(C)OC(=O)N1[C@H](C(O)C[N+](=O)[O-])COC1(C)C. The Labute approximate surface area is 117 Å². The van der Waals surface area contributed by atoms with Gasteiger partial charge in [-0.05, 0) is 34.6 Å². The topological polar surface area (TPSA) is 102 Å². The Morgan fingerprint density at radius 1 is 1.60 bits per heavy atom. The van der Waals surface area contributed by atoms with E-state index in [0.717, 1.165) is 0 Å². The first kappa shape index (κ1) is 16.6. The first-order valence-corrected chi connectivity index (χ1v) is 6.40. The number of carbonyl (C=O) groups excluding carboxylic acids is 1. The van der Waals surface area contributed by atoms with E-state index in [1.54, 1.807) is 34.6 Å². The van der Waals surface area contributed by atoms with Crippen molar-refractivity contribution in [1.82, 2.24) is 4.90 Å². The minimum Gasteiger partial charge on any atom is -0.444 e. The lowest BCUT2D eigenvalue weighted by Crippen LogP contribution is -2.54. The number of amides is 1. The summed E-state index contributed by atoms with van der Waals surface area (Å²) in [5.74, 6) is 0. The number of aliphatic hydroxyl groups excluding tert-OH is 1. The highest BCUT2D eigenvalue weighted by Crippen LogP contribution is 2.30. The van der Waals surface area contributed by atoms with Crippen LogP contribution in [0.4, 0.5) is 4.79 Å². The predicted octanol–water partition coefficient (Wildman–Crippen LogP) is 0.996. The Morgan fingerprint density at radius 2 is 2.15 bits per heavy atom. The van der Waals surface area contributed by atoms with E-state index in [0.29, 0.717) is 0 Å². The Morgan fingerprint density at radius 3 is 2.60 bits per heavy atom. The molecule has 8 nitrogen and oxygen atoms in total. The van der Waals surface area contributed by atoms with Crippen molar-refractivity contribution in [3.05, 3.63) is 10.1 Å². The normalized spacial score (nSPS) is 23.5. The fourth-order valence-electron chi connectivity index (χ4n) is 2.06. The van der Waals surface area contributed by atoms with Gasteiger partial charge in [-0.1, -0.05) is 0 Å². The molecule has 20 heavy (non-hydrogen) atoms. The maximum absolute atomic E-state index is 12.2. The van der Waals surface area contributed by atoms with E-state index in [1.165, 1.54) is 4.90 Å². The van der Waals surface area contributed by atoms with E-state index >= 15 is 0 Å². The number of rotatable bonds is 3. The summed E-state index contributed by atoms with van der Waals surface area (Å²) in [6.07, 6.45) is -1.97. The Kier molecular flexibility index (Phi) is 4.60. The molecule has 0 aliphatic carbocycles. The maximum atomic E-state index is 12.2. The van der Waals surface area contributed by atoms with Gasteiger partial charge in [0.1, 0.15) is 17.4 Å². The zero-order chi connectivity index (χ0) is 15.7. The molecule has 0 spiro atoms. The average Bonchev–Trinajstić information content (AvgIpc) is 2.50. The van der Waals surface area contributed by atoms with E-state index in [2.05, 4.69) is 0 Å². The Bertz CT molecular complexity index is 390. The van der Waals surface area contributed by atoms with Crippen molar-refractivity contribution < 1.29 is 24.3 Å². The molecule has 1 unspecified atom stereocenters. The molecule has 0 aromatic carbocycles. The van der Waals surface area contributed by atoms with Crippen molar-refractivity contribution >= 4 is 6.09 Å². The van der Waals surface area contributed by atoms with Crippen LogP contribution in [0.2, 0.25) is 0 Å². The van der Waals surface area contributed by atoms with Crippen LogP contribution in [0.5, 0.6) is 0 Å². The standard InChI is InChI=1S/C12H22N2O6/c1-11(2,3)20-10(16)14-8(7-19-12(14,4)5)9(15)6-13(17)18/h8-9,15H,6-7H2,1-5H3/t8-,9?/m0/s1. The highest BCUT2D eigenvalue weighted by Gasteiger charge is 2.49. The minimum absolute atomic E-state index is 0.0290. The summed E-state index contributed by atoms with van der Waals surface area (Å²) in [5.41, 5.74) is -1.68. The second kappa shape index (κ2) is 5.53. The molecule has 0 radical (unpaired) electrons. The van der Waals surface area contributed by atoms with E-state index in [9.17, 15) is 20.0 Å². The predicted molar refractivity (Wildman–Crippen MR) is 69.8 cm³/mol. The zero-order valence-electron chi connectivity index (χ0n) is 12.5. The van der Waals surface area contributed by atoms with Crippen LogP contribution < -0.4 is 0 Å². The molecule has 1 fully saturated rings. The van der Waals surface area contributed by atoms with Crippen LogP contribution in [0.3, 0.4) is 0 Å². The maximum Gasteiger partial charge on any atom is 0.412 e. The third kappa shape index (κ3) is 4.04. The van der Waals surface area contributed by atoms with E-state index < -0.39 is 41.0 Å². The summed E-state index contributed by atoms with van der Waals surface area (Å²) in [6, 6.07) is -0.801. The van der Waals surface area contributed by atoms with Crippen LogP contribution >= 0.6 is 0 Å². The molecule has 1 aliphatic rings. The van der Waals surface area contributed by atoms with Gasteiger partial charge in [0, 0.05) is 4.92 Å². The van der Waals surface area contributed by atoms with Gasteiger partial charge < -0.3 is 14.6 Å². The summed E-state index contributed by atoms with van der Waals surface area (Å²) < 4.78 is 10.7. The number of hydrogen-bond donors (Lipinski definition) is 1. The summed E-state index contributed by atoms with van der Waals surface area (Å²) in [5, 5.41) is 20.4. The summed E-state index contributed by atoms with van der Waals surface area (Å²) in [6.45, 7) is 7.84. The molecule has 0 saturated carbocycles. The molecule has 0 aromatic heterocycles. The summed E-state index contributed by atoms with van der Waals surface area (Å²) in [7, 11) is 0. The van der Waals surface area contributed by atoms with Gasteiger partial charge in [-0.25, -0.2) is 4.79 Å². The number of hydrogen-bond acceptors (Lipinski definition) is 6. The first-order valence-electron chi connectivity index (χ1n) is 6.40. The third-order valence-electron chi connectivity index (χ3n) is 2.89. The van der Waals surface area contributed by atoms with Crippen LogP contribution in [-0.2, 0) is 9.47 Å². The van der Waals surface area contributed by atoms with Gasteiger partial charge in [-0.3, -0.25) is 15.0 Å². The van der Waals surface area contributed by atoms with Gasteiger partial charge >= 0.3 is 6.09 Å². The van der Waals surface area contributed by atoms with Crippen molar-refractivity contribution in [1.29, 1.82) is 0 Å². The molecule has 1 amide bonds. The molecular weight excluding hydrogens is 268 g/mol. The van der Waals surface area contributed by atoms with Gasteiger partial charge in [0.25, 0.3) is 0 Å². The summed E-state index contributed by atoms with van der Waals surface area (Å²) in [4.78, 5) is 23.3. The van der Waals surface area contributed by atoms with E-state index in [1.807, 2.05) is 0 Å². The first-order chi connectivity index (χ1) is 8.94. The second-order valence-electron chi connectivity index (χ2n) is 6.26. The van der Waals surface area contributed by atoms with Gasteiger partial charge in [-0.2, -0.15) is 0 Å². The number of ether oxygens (including phenoxy) is 2. The molecule has 8 heteroatoms. The quantitative estimate of drug-likeness (QED) is 0.614. The largest absolute Gasteiger partial charge is 0.444 e. The van der Waals surface area contributed by atoms with Crippen LogP contribution in [0.25, 0.3) is 0 Å². The lowest BCUT2D eigenvalue weighted by molar-refractivity contribution is -0.491. The molecule has 1 N–H and O–H groups in total. The van der Waals surface area contributed by atoms with Crippen LogP contribution in [0.15, 0.2) is 0 Å². The molecule has 2 atom stereocenters. The molecule has 1 heterocycles. The smallest absolute Gasteiger partial charge is 0.412 e.